The van der Waals surface area contributed by atoms with Crippen LogP contribution in [0.1, 0.15) is 13.3 Å². The Balaban J connectivity index is 1.30. The Morgan fingerprint density at radius 1 is 1.10 bits per heavy atom. The number of hydrogen-bond acceptors (Lipinski definition) is 6. The lowest BCUT2D eigenvalue weighted by molar-refractivity contribution is -0.144. The van der Waals surface area contributed by atoms with Crippen LogP contribution in [0.5, 0.6) is 0 Å². The fourth-order valence-corrected chi connectivity index (χ4v) is 4.99. The second-order valence-corrected chi connectivity index (χ2v) is 7.94. The highest BCUT2D eigenvalue weighted by atomic mass is 16.2. The first-order valence-electron chi connectivity index (χ1n) is 10.1. The van der Waals surface area contributed by atoms with Gasteiger partial charge in [0.05, 0.1) is 22.7 Å². The van der Waals surface area contributed by atoms with E-state index in [0.717, 1.165) is 11.3 Å². The summed E-state index contributed by atoms with van der Waals surface area (Å²) >= 11 is 0. The zero-order valence-electron chi connectivity index (χ0n) is 16.4. The molecule has 9 heteroatoms. The Bertz CT molecular complexity index is 1140. The Hall–Kier alpha value is -3.49. The quantitative estimate of drug-likeness (QED) is 0.428. The summed E-state index contributed by atoms with van der Waals surface area (Å²) in [6, 6.07) is 6.95. The molecule has 0 spiro atoms. The number of carbonyl (C=O) groups excluding carboxylic acids is 3. The predicted octanol–water partition coefficient (Wildman–Crippen LogP) is 0.667. The van der Waals surface area contributed by atoms with Gasteiger partial charge in [-0.2, -0.15) is 0 Å². The smallest absolute Gasteiger partial charge is 0.262 e. The molecule has 2 N–H and O–H groups in total. The van der Waals surface area contributed by atoms with Crippen molar-refractivity contribution >= 4 is 34.6 Å². The normalized spacial score (nSPS) is 26.5. The van der Waals surface area contributed by atoms with Gasteiger partial charge in [-0.3, -0.25) is 39.5 Å². The largest absolute Gasteiger partial charge is 0.277 e. The molecule has 30 heavy (non-hydrogen) atoms. The van der Waals surface area contributed by atoms with E-state index in [1.165, 1.54) is 4.57 Å². The van der Waals surface area contributed by atoms with Gasteiger partial charge in [-0.05, 0) is 37.3 Å². The van der Waals surface area contributed by atoms with Gasteiger partial charge in [0.2, 0.25) is 17.8 Å². The summed E-state index contributed by atoms with van der Waals surface area (Å²) in [7, 11) is 0. The molecule has 4 atom stereocenters. The molecular weight excluding hydrogens is 386 g/mol. The maximum atomic E-state index is 12.7. The Kier molecular flexibility index (Phi) is 4.19. The molecule has 2 heterocycles. The van der Waals surface area contributed by atoms with Crippen LogP contribution >= 0.6 is 0 Å². The van der Waals surface area contributed by atoms with E-state index >= 15 is 0 Å². The number of allylic oxidation sites excluding steroid dienone is 2. The van der Waals surface area contributed by atoms with E-state index in [2.05, 4.69) is 15.8 Å². The highest BCUT2D eigenvalue weighted by Gasteiger charge is 2.59. The third kappa shape index (κ3) is 2.65. The molecule has 154 valence electrons. The second kappa shape index (κ2) is 6.79. The first kappa shape index (κ1) is 18.5. The highest BCUT2D eigenvalue weighted by molar-refractivity contribution is 6.08. The summed E-state index contributed by atoms with van der Waals surface area (Å²) in [5.41, 5.74) is 5.42. The fourth-order valence-electron chi connectivity index (χ4n) is 4.99. The van der Waals surface area contributed by atoms with E-state index in [4.69, 9.17) is 0 Å². The molecule has 3 amide bonds. The van der Waals surface area contributed by atoms with E-state index in [-0.39, 0.29) is 53.5 Å². The number of rotatable bonds is 5. The third-order valence-electron chi connectivity index (χ3n) is 6.35. The van der Waals surface area contributed by atoms with Crippen LogP contribution in [0.2, 0.25) is 0 Å². The van der Waals surface area contributed by atoms with Crippen molar-refractivity contribution in [1.82, 2.24) is 19.9 Å². The fraction of sp³-hybridized carbons (Fsp3) is 0.381. The van der Waals surface area contributed by atoms with Gasteiger partial charge in [-0.25, -0.2) is 4.98 Å². The van der Waals surface area contributed by atoms with Gasteiger partial charge in [0, 0.05) is 6.54 Å². The molecule has 1 aromatic carbocycles. The molecule has 1 aliphatic heterocycles. The van der Waals surface area contributed by atoms with Crippen LogP contribution in [0.15, 0.2) is 41.2 Å². The van der Waals surface area contributed by atoms with Crippen molar-refractivity contribution in [3.63, 3.8) is 0 Å². The van der Waals surface area contributed by atoms with Crippen molar-refractivity contribution in [3.05, 3.63) is 46.8 Å². The number of likely N-dealkylation sites (tertiary alicyclic amines) is 1. The first-order valence-corrected chi connectivity index (χ1v) is 10.1. The van der Waals surface area contributed by atoms with Crippen LogP contribution in [-0.2, 0) is 20.9 Å². The number of hydrazine groups is 1. The molecule has 1 saturated carbocycles. The van der Waals surface area contributed by atoms with Crippen molar-refractivity contribution in [2.75, 3.05) is 12.0 Å². The van der Waals surface area contributed by atoms with Crippen molar-refractivity contribution in [2.24, 2.45) is 23.7 Å². The number of nitrogens with zero attached hydrogens (tertiary/aromatic N) is 3. The maximum absolute atomic E-state index is 12.7. The molecule has 1 saturated heterocycles. The number of hydrogen-bond donors (Lipinski definition) is 2. The Morgan fingerprint density at radius 2 is 1.77 bits per heavy atom. The molecule has 2 aromatic rings. The topological polar surface area (TPSA) is 113 Å². The number of nitrogens with one attached hydrogen (secondary N) is 2. The second-order valence-electron chi connectivity index (χ2n) is 7.94. The minimum Gasteiger partial charge on any atom is -0.277 e. The standard InChI is InChI=1S/C21H21N5O4/c1-2-25-18(28)13-5-3-4-6-14(13)22-21(25)24-23-15(27)10-26-19(29)16-11-7-8-12(9-11)17(16)20(26)30/h3-8,11-12,16-17H,2,9-10H2,1H3,(H,22,24)(H,23,27). The summed E-state index contributed by atoms with van der Waals surface area (Å²) < 4.78 is 1.41. The molecule has 3 aliphatic rings. The molecule has 2 aliphatic carbocycles. The van der Waals surface area contributed by atoms with Crippen molar-refractivity contribution in [1.29, 1.82) is 0 Å². The van der Waals surface area contributed by atoms with Crippen LogP contribution < -0.4 is 16.4 Å². The van der Waals surface area contributed by atoms with E-state index in [1.54, 1.807) is 31.2 Å². The number of aromatic nitrogens is 2. The van der Waals surface area contributed by atoms with E-state index < -0.39 is 5.91 Å². The molecule has 2 bridgehead atoms. The van der Waals surface area contributed by atoms with Crippen molar-refractivity contribution in [3.8, 4) is 0 Å². The van der Waals surface area contributed by atoms with Gasteiger partial charge < -0.3 is 0 Å². The van der Waals surface area contributed by atoms with Crippen molar-refractivity contribution < 1.29 is 14.4 Å². The minimum atomic E-state index is -0.554. The average Bonchev–Trinajstić information content (AvgIpc) is 3.42. The monoisotopic (exact) mass is 407 g/mol. The maximum Gasteiger partial charge on any atom is 0.262 e. The van der Waals surface area contributed by atoms with Crippen molar-refractivity contribution in [2.45, 2.75) is 19.9 Å². The lowest BCUT2D eigenvalue weighted by Gasteiger charge is -2.18. The van der Waals surface area contributed by atoms with Crippen LogP contribution in [0.4, 0.5) is 5.95 Å². The first-order chi connectivity index (χ1) is 14.5. The van der Waals surface area contributed by atoms with Crippen LogP contribution in [0.25, 0.3) is 10.9 Å². The molecule has 0 radical (unpaired) electrons. The lowest BCUT2D eigenvalue weighted by atomic mass is 9.85. The van der Waals surface area contributed by atoms with E-state index in [9.17, 15) is 19.2 Å². The summed E-state index contributed by atoms with van der Waals surface area (Å²) in [6.07, 6.45) is 4.87. The molecule has 2 fully saturated rings. The molecule has 4 unspecified atom stereocenters. The number of benzene rings is 1. The highest BCUT2D eigenvalue weighted by Crippen LogP contribution is 2.52. The Morgan fingerprint density at radius 3 is 2.43 bits per heavy atom. The molecule has 5 rings (SSSR count). The van der Waals surface area contributed by atoms with E-state index in [0.29, 0.717) is 17.4 Å². The number of imide groups is 1. The van der Waals surface area contributed by atoms with Crippen LogP contribution in [0, 0.1) is 23.7 Å². The summed E-state index contributed by atoms with van der Waals surface area (Å²) in [6.45, 7) is 1.80. The number of carbonyl (C=O) groups is 3. The van der Waals surface area contributed by atoms with Gasteiger partial charge >= 0.3 is 0 Å². The average molecular weight is 407 g/mol. The number of anilines is 1. The lowest BCUT2D eigenvalue weighted by Crippen LogP contribution is -2.44. The van der Waals surface area contributed by atoms with Gasteiger partial charge in [-0.15, -0.1) is 0 Å². The zero-order valence-corrected chi connectivity index (χ0v) is 16.4. The van der Waals surface area contributed by atoms with Gasteiger partial charge in [0.1, 0.15) is 6.54 Å². The number of amides is 3. The zero-order chi connectivity index (χ0) is 21.0. The SMILES string of the molecule is CCn1c(NNC(=O)CN2C(=O)C3C4C=CC(C4)C3C2=O)nc2ccccc2c1=O. The third-order valence-corrected chi connectivity index (χ3v) is 6.35. The van der Waals surface area contributed by atoms with Gasteiger partial charge in [0.25, 0.3) is 11.5 Å². The molecular formula is C21H21N5O4. The summed E-state index contributed by atoms with van der Waals surface area (Å²) in [5.74, 6) is -1.37. The van der Waals surface area contributed by atoms with Gasteiger partial charge in [-0.1, -0.05) is 24.3 Å². The van der Waals surface area contributed by atoms with Gasteiger partial charge in [0.15, 0.2) is 0 Å². The number of fused-ring (bicyclic) bond motifs is 6. The summed E-state index contributed by atoms with van der Waals surface area (Å²) in [5, 5.41) is 0.485. The van der Waals surface area contributed by atoms with Crippen LogP contribution in [0.3, 0.4) is 0 Å². The summed E-state index contributed by atoms with van der Waals surface area (Å²) in [4.78, 5) is 55.9. The van der Waals surface area contributed by atoms with Crippen LogP contribution in [-0.4, -0.2) is 38.7 Å². The predicted molar refractivity (Wildman–Crippen MR) is 108 cm³/mol. The minimum absolute atomic E-state index is 0.100. The Labute approximate surface area is 171 Å². The molecule has 9 nitrogen and oxygen atoms in total. The molecule has 1 aromatic heterocycles. The van der Waals surface area contributed by atoms with E-state index in [1.807, 2.05) is 12.2 Å². The number of para-hydroxylation sites is 1.